The van der Waals surface area contributed by atoms with Crippen molar-refractivity contribution in [1.29, 1.82) is 0 Å². The van der Waals surface area contributed by atoms with Gasteiger partial charge < -0.3 is 15.4 Å². The summed E-state index contributed by atoms with van der Waals surface area (Å²) in [5, 5.41) is 6.86. The molecule has 0 radical (unpaired) electrons. The second kappa shape index (κ2) is 9.64. The Balaban J connectivity index is 2.51. The predicted molar refractivity (Wildman–Crippen MR) is 86.8 cm³/mol. The Morgan fingerprint density at radius 1 is 1.38 bits per heavy atom. The summed E-state index contributed by atoms with van der Waals surface area (Å²) >= 11 is 6.02. The van der Waals surface area contributed by atoms with Gasteiger partial charge in [0.15, 0.2) is 0 Å². The minimum absolute atomic E-state index is 0.00428. The maximum absolute atomic E-state index is 11.6. The number of hydrogen-bond acceptors (Lipinski definition) is 3. The average Bonchev–Trinajstić information content (AvgIpc) is 2.40. The fourth-order valence-corrected chi connectivity index (χ4v) is 2.07. The first kappa shape index (κ1) is 17.8. The second-order valence-corrected chi connectivity index (χ2v) is 5.69. The molecule has 1 amide bonds. The SMILES string of the molecule is CCCNCc1cc(Cl)ccc1OCCC(=O)NC(C)C. The average molecular weight is 313 g/mol. The standard InChI is InChI=1S/C16H25ClN2O2/c1-4-8-18-11-13-10-14(17)5-6-15(13)21-9-7-16(20)19-12(2)3/h5-6,10,12,18H,4,7-9,11H2,1-3H3,(H,19,20). The Hall–Kier alpha value is -1.26. The van der Waals surface area contributed by atoms with Gasteiger partial charge in [-0.1, -0.05) is 18.5 Å². The first-order valence-electron chi connectivity index (χ1n) is 7.44. The Morgan fingerprint density at radius 2 is 2.14 bits per heavy atom. The van der Waals surface area contributed by atoms with Gasteiger partial charge in [0.1, 0.15) is 5.75 Å². The number of amides is 1. The fraction of sp³-hybridized carbons (Fsp3) is 0.562. The van der Waals surface area contributed by atoms with Gasteiger partial charge in [-0.05, 0) is 45.0 Å². The highest BCUT2D eigenvalue weighted by molar-refractivity contribution is 6.30. The van der Waals surface area contributed by atoms with Crippen LogP contribution < -0.4 is 15.4 Å². The molecule has 0 aliphatic carbocycles. The number of halogens is 1. The third kappa shape index (κ3) is 7.34. The van der Waals surface area contributed by atoms with Crippen molar-refractivity contribution >= 4 is 17.5 Å². The monoisotopic (exact) mass is 312 g/mol. The number of ether oxygens (including phenoxy) is 1. The van der Waals surface area contributed by atoms with Crippen molar-refractivity contribution in [3.63, 3.8) is 0 Å². The Labute approximate surface area is 132 Å². The number of nitrogens with one attached hydrogen (secondary N) is 2. The van der Waals surface area contributed by atoms with Crippen LogP contribution in [0.5, 0.6) is 5.75 Å². The molecule has 0 bridgehead atoms. The van der Waals surface area contributed by atoms with Gasteiger partial charge in [0, 0.05) is 23.2 Å². The van der Waals surface area contributed by atoms with Crippen LogP contribution in [0.4, 0.5) is 0 Å². The largest absolute Gasteiger partial charge is 0.493 e. The van der Waals surface area contributed by atoms with Crippen LogP contribution in [-0.2, 0) is 11.3 Å². The highest BCUT2D eigenvalue weighted by Gasteiger charge is 2.07. The zero-order chi connectivity index (χ0) is 15.7. The summed E-state index contributed by atoms with van der Waals surface area (Å²) in [4.78, 5) is 11.6. The van der Waals surface area contributed by atoms with Crippen LogP contribution in [-0.4, -0.2) is 25.1 Å². The lowest BCUT2D eigenvalue weighted by atomic mass is 10.2. The van der Waals surface area contributed by atoms with Crippen LogP contribution in [0.1, 0.15) is 39.2 Å². The van der Waals surface area contributed by atoms with E-state index in [1.54, 1.807) is 6.07 Å². The Kier molecular flexibility index (Phi) is 8.16. The van der Waals surface area contributed by atoms with E-state index in [4.69, 9.17) is 16.3 Å². The molecule has 0 fully saturated rings. The zero-order valence-electron chi connectivity index (χ0n) is 13.0. The number of benzene rings is 1. The molecule has 4 nitrogen and oxygen atoms in total. The number of carbonyl (C=O) groups excluding carboxylic acids is 1. The molecule has 0 aliphatic rings. The molecular weight excluding hydrogens is 288 g/mol. The summed E-state index contributed by atoms with van der Waals surface area (Å²) < 4.78 is 5.72. The van der Waals surface area contributed by atoms with E-state index in [0.717, 1.165) is 24.3 Å². The van der Waals surface area contributed by atoms with Gasteiger partial charge in [0.05, 0.1) is 13.0 Å². The molecule has 21 heavy (non-hydrogen) atoms. The topological polar surface area (TPSA) is 50.4 Å². The van der Waals surface area contributed by atoms with Crippen molar-refractivity contribution in [3.8, 4) is 5.75 Å². The third-order valence-electron chi connectivity index (χ3n) is 2.80. The first-order chi connectivity index (χ1) is 10.0. The predicted octanol–water partition coefficient (Wildman–Crippen LogP) is 3.13. The zero-order valence-corrected chi connectivity index (χ0v) is 13.8. The van der Waals surface area contributed by atoms with Crippen molar-refractivity contribution < 1.29 is 9.53 Å². The Morgan fingerprint density at radius 3 is 2.81 bits per heavy atom. The van der Waals surface area contributed by atoms with E-state index >= 15 is 0 Å². The van der Waals surface area contributed by atoms with E-state index < -0.39 is 0 Å². The van der Waals surface area contributed by atoms with Gasteiger partial charge in [-0.15, -0.1) is 0 Å². The lowest BCUT2D eigenvalue weighted by molar-refractivity contribution is -0.122. The molecule has 0 atom stereocenters. The third-order valence-corrected chi connectivity index (χ3v) is 3.04. The van der Waals surface area contributed by atoms with E-state index in [-0.39, 0.29) is 11.9 Å². The number of carbonyl (C=O) groups is 1. The van der Waals surface area contributed by atoms with Gasteiger partial charge in [-0.3, -0.25) is 4.79 Å². The molecule has 2 N–H and O–H groups in total. The summed E-state index contributed by atoms with van der Waals surface area (Å²) in [5.74, 6) is 0.782. The van der Waals surface area contributed by atoms with Crippen LogP contribution in [0.2, 0.25) is 5.02 Å². The first-order valence-corrected chi connectivity index (χ1v) is 7.82. The summed E-state index contributed by atoms with van der Waals surface area (Å²) in [6.45, 7) is 8.02. The molecular formula is C16H25ClN2O2. The maximum atomic E-state index is 11.6. The maximum Gasteiger partial charge on any atom is 0.223 e. The molecule has 0 unspecified atom stereocenters. The summed E-state index contributed by atoms with van der Waals surface area (Å²) in [5.41, 5.74) is 1.01. The smallest absolute Gasteiger partial charge is 0.223 e. The van der Waals surface area contributed by atoms with Crippen molar-refractivity contribution in [2.45, 2.75) is 46.2 Å². The minimum atomic E-state index is 0.00428. The summed E-state index contributed by atoms with van der Waals surface area (Å²) in [6.07, 6.45) is 1.43. The minimum Gasteiger partial charge on any atom is -0.493 e. The van der Waals surface area contributed by atoms with Crippen LogP contribution >= 0.6 is 11.6 Å². The van der Waals surface area contributed by atoms with Crippen LogP contribution in [0.15, 0.2) is 18.2 Å². The van der Waals surface area contributed by atoms with E-state index in [1.807, 2.05) is 26.0 Å². The van der Waals surface area contributed by atoms with Crippen LogP contribution in [0, 0.1) is 0 Å². The van der Waals surface area contributed by atoms with Gasteiger partial charge >= 0.3 is 0 Å². The molecule has 1 aromatic carbocycles. The quantitative estimate of drug-likeness (QED) is 0.689. The fourth-order valence-electron chi connectivity index (χ4n) is 1.87. The molecule has 0 aromatic heterocycles. The highest BCUT2D eigenvalue weighted by Crippen LogP contribution is 2.23. The molecule has 0 saturated carbocycles. The molecule has 1 aromatic rings. The second-order valence-electron chi connectivity index (χ2n) is 5.25. The van der Waals surface area contributed by atoms with Crippen LogP contribution in [0.3, 0.4) is 0 Å². The van der Waals surface area contributed by atoms with Crippen molar-refractivity contribution in [2.75, 3.05) is 13.2 Å². The molecule has 0 aliphatic heterocycles. The van der Waals surface area contributed by atoms with Crippen molar-refractivity contribution in [1.82, 2.24) is 10.6 Å². The van der Waals surface area contributed by atoms with E-state index in [1.165, 1.54) is 0 Å². The van der Waals surface area contributed by atoms with E-state index in [0.29, 0.717) is 24.6 Å². The normalized spacial score (nSPS) is 10.7. The molecule has 5 heteroatoms. The number of rotatable bonds is 9. The summed E-state index contributed by atoms with van der Waals surface area (Å²) in [6, 6.07) is 5.70. The molecule has 0 heterocycles. The molecule has 0 spiro atoms. The van der Waals surface area contributed by atoms with Crippen molar-refractivity contribution in [2.24, 2.45) is 0 Å². The van der Waals surface area contributed by atoms with Gasteiger partial charge in [-0.25, -0.2) is 0 Å². The lowest BCUT2D eigenvalue weighted by Gasteiger charge is -2.13. The summed E-state index contributed by atoms with van der Waals surface area (Å²) in [7, 11) is 0. The Bertz CT molecular complexity index is 450. The molecule has 118 valence electrons. The number of hydrogen-bond donors (Lipinski definition) is 2. The van der Waals surface area contributed by atoms with E-state index in [2.05, 4.69) is 17.6 Å². The van der Waals surface area contributed by atoms with Crippen molar-refractivity contribution in [3.05, 3.63) is 28.8 Å². The van der Waals surface area contributed by atoms with Gasteiger partial charge in [0.25, 0.3) is 0 Å². The molecule has 1 rings (SSSR count). The van der Waals surface area contributed by atoms with Gasteiger partial charge in [0.2, 0.25) is 5.91 Å². The molecule has 0 saturated heterocycles. The lowest BCUT2D eigenvalue weighted by Crippen LogP contribution is -2.31. The highest BCUT2D eigenvalue weighted by atomic mass is 35.5. The van der Waals surface area contributed by atoms with E-state index in [9.17, 15) is 4.79 Å². The van der Waals surface area contributed by atoms with Crippen LogP contribution in [0.25, 0.3) is 0 Å². The van der Waals surface area contributed by atoms with Gasteiger partial charge in [-0.2, -0.15) is 0 Å².